The Morgan fingerprint density at radius 2 is 2.07 bits per heavy atom. The molecule has 0 N–H and O–H groups in total. The van der Waals surface area contributed by atoms with Crippen LogP contribution in [-0.2, 0) is 9.84 Å². The van der Waals surface area contributed by atoms with Gasteiger partial charge >= 0.3 is 0 Å². The number of sulfone groups is 1. The van der Waals surface area contributed by atoms with Crippen LogP contribution in [0.3, 0.4) is 0 Å². The van der Waals surface area contributed by atoms with Crippen molar-refractivity contribution in [2.75, 3.05) is 5.75 Å². The fourth-order valence-corrected chi connectivity index (χ4v) is 4.53. The fourth-order valence-electron chi connectivity index (χ4n) is 1.44. The van der Waals surface area contributed by atoms with E-state index < -0.39 is 9.84 Å². The van der Waals surface area contributed by atoms with Crippen molar-refractivity contribution < 1.29 is 8.42 Å². The molecule has 1 aliphatic heterocycles. The summed E-state index contributed by atoms with van der Waals surface area (Å²) in [5, 5.41) is 0. The Morgan fingerprint density at radius 1 is 1.36 bits per heavy atom. The zero-order valence-corrected chi connectivity index (χ0v) is 10.4. The summed E-state index contributed by atoms with van der Waals surface area (Å²) in [5.41, 5.74) is 0.739. The average molecular weight is 291 g/mol. The number of hydrogen-bond acceptors (Lipinski definition) is 3. The van der Waals surface area contributed by atoms with Crippen LogP contribution in [-0.4, -0.2) is 14.2 Å². The third-order valence-corrected chi connectivity index (χ3v) is 5.51. The fraction of sp³-hybridized carbons (Fsp3) is 0.111. The molecule has 0 atom stereocenters. The van der Waals surface area contributed by atoms with E-state index in [0.717, 1.165) is 5.56 Å². The molecule has 0 saturated carbocycles. The second-order valence-electron chi connectivity index (χ2n) is 2.93. The van der Waals surface area contributed by atoms with Crippen molar-refractivity contribution in [2.24, 2.45) is 0 Å². The molecule has 0 saturated heterocycles. The van der Waals surface area contributed by atoms with Gasteiger partial charge in [-0.1, -0.05) is 12.1 Å². The van der Waals surface area contributed by atoms with E-state index in [1.165, 1.54) is 0 Å². The predicted molar refractivity (Wildman–Crippen MR) is 63.2 cm³/mol. The molecule has 2 nitrogen and oxygen atoms in total. The Bertz CT molecular complexity index is 518. The van der Waals surface area contributed by atoms with Gasteiger partial charge in [0.15, 0.2) is 0 Å². The number of hydrogen-bond donors (Lipinski definition) is 1. The minimum absolute atomic E-state index is 0.240. The molecule has 1 aromatic rings. The van der Waals surface area contributed by atoms with Crippen molar-refractivity contribution in [3.63, 3.8) is 0 Å². The van der Waals surface area contributed by atoms with E-state index in [2.05, 4.69) is 28.6 Å². The summed E-state index contributed by atoms with van der Waals surface area (Å²) in [6, 6.07) is 5.33. The third-order valence-electron chi connectivity index (χ3n) is 2.08. The van der Waals surface area contributed by atoms with E-state index in [9.17, 15) is 8.42 Å². The molecule has 0 spiro atoms. The van der Waals surface area contributed by atoms with Gasteiger partial charge in [-0.15, -0.1) is 0 Å². The van der Waals surface area contributed by atoms with Gasteiger partial charge in [0.05, 0.1) is 9.80 Å². The number of benzene rings is 1. The molecule has 0 bridgehead atoms. The number of rotatable bonds is 1. The Balaban J connectivity index is 2.78. The Labute approximate surface area is 96.5 Å². The maximum absolute atomic E-state index is 11.9. The number of fused-ring (bicyclic) bond motifs is 1. The van der Waals surface area contributed by atoms with Crippen LogP contribution in [0.5, 0.6) is 0 Å². The van der Waals surface area contributed by atoms with E-state index in [1.54, 1.807) is 18.2 Å². The molecule has 5 heteroatoms. The van der Waals surface area contributed by atoms with E-state index in [1.807, 2.05) is 6.07 Å². The molecule has 0 unspecified atom stereocenters. The molecule has 1 aliphatic rings. The maximum atomic E-state index is 11.9. The monoisotopic (exact) mass is 290 g/mol. The quantitative estimate of drug-likeness (QED) is 0.807. The lowest BCUT2D eigenvalue weighted by molar-refractivity contribution is 0.603. The van der Waals surface area contributed by atoms with Crippen LogP contribution in [0.1, 0.15) is 5.56 Å². The van der Waals surface area contributed by atoms with Gasteiger partial charge in [-0.05, 0) is 33.6 Å². The normalized spacial score (nSPS) is 17.7. The highest BCUT2D eigenvalue weighted by Gasteiger charge is 2.30. The van der Waals surface area contributed by atoms with Crippen LogP contribution < -0.4 is 0 Å². The maximum Gasteiger partial charge on any atom is 0.205 e. The first-order valence-corrected chi connectivity index (χ1v) is 6.83. The van der Waals surface area contributed by atoms with Crippen molar-refractivity contribution in [2.45, 2.75) is 4.90 Å². The van der Waals surface area contributed by atoms with Gasteiger partial charge in [-0.2, -0.15) is 12.6 Å². The Morgan fingerprint density at radius 3 is 2.64 bits per heavy atom. The summed E-state index contributed by atoms with van der Waals surface area (Å²) in [6.07, 6.45) is 1.67. The van der Waals surface area contributed by atoms with E-state index in [0.29, 0.717) is 14.3 Å². The minimum atomic E-state index is -3.29. The first kappa shape index (κ1) is 10.3. The Hall–Kier alpha value is -0.260. The van der Waals surface area contributed by atoms with Gasteiger partial charge in [0.1, 0.15) is 0 Å². The van der Waals surface area contributed by atoms with E-state index >= 15 is 0 Å². The molecule has 14 heavy (non-hydrogen) atoms. The zero-order valence-electron chi connectivity index (χ0n) is 7.07. The lowest BCUT2D eigenvalue weighted by atomic mass is 10.2. The standard InChI is InChI=1S/C9H7BrO2S2/c10-8-3-1-2-6-4-7(5-13)14(11,12)9(6)8/h1-4,13H,5H2. The summed E-state index contributed by atoms with van der Waals surface area (Å²) in [6.45, 7) is 0. The van der Waals surface area contributed by atoms with Gasteiger partial charge in [0.2, 0.25) is 9.84 Å². The van der Waals surface area contributed by atoms with Gasteiger partial charge in [0.25, 0.3) is 0 Å². The molecule has 0 fully saturated rings. The van der Waals surface area contributed by atoms with Crippen LogP contribution in [0.25, 0.3) is 6.08 Å². The summed E-state index contributed by atoms with van der Waals surface area (Å²) in [4.78, 5) is 0.729. The SMILES string of the molecule is O=S1(=O)C(CS)=Cc2cccc(Br)c21. The topological polar surface area (TPSA) is 34.1 Å². The lowest BCUT2D eigenvalue weighted by Crippen LogP contribution is -2.02. The second-order valence-corrected chi connectivity index (χ2v) is 6.04. The van der Waals surface area contributed by atoms with Crippen molar-refractivity contribution in [3.05, 3.63) is 33.1 Å². The molecule has 0 aromatic heterocycles. The lowest BCUT2D eigenvalue weighted by Gasteiger charge is -2.02. The highest BCUT2D eigenvalue weighted by Crippen LogP contribution is 2.37. The molecule has 0 aliphatic carbocycles. The molecular formula is C9H7BrO2S2. The van der Waals surface area contributed by atoms with Crippen LogP contribution in [0.15, 0.2) is 32.5 Å². The van der Waals surface area contributed by atoms with Gasteiger partial charge < -0.3 is 0 Å². The van der Waals surface area contributed by atoms with E-state index in [4.69, 9.17) is 0 Å². The largest absolute Gasteiger partial charge is 0.219 e. The van der Waals surface area contributed by atoms with Crippen LogP contribution in [0, 0.1) is 0 Å². The van der Waals surface area contributed by atoms with Crippen molar-refractivity contribution in [1.29, 1.82) is 0 Å². The number of thiol groups is 1. The van der Waals surface area contributed by atoms with E-state index in [-0.39, 0.29) is 5.75 Å². The third kappa shape index (κ3) is 1.34. The van der Waals surface area contributed by atoms with Crippen LogP contribution in [0.2, 0.25) is 0 Å². The van der Waals surface area contributed by atoms with Gasteiger partial charge in [0, 0.05) is 10.2 Å². The predicted octanol–water partition coefficient (Wildman–Crippen LogP) is 2.51. The molecule has 1 heterocycles. The number of halogens is 1. The summed E-state index contributed by atoms with van der Waals surface area (Å²) in [5.74, 6) is 0.240. The van der Waals surface area contributed by atoms with Crippen LogP contribution in [0.4, 0.5) is 0 Å². The first-order chi connectivity index (χ1) is 6.57. The van der Waals surface area contributed by atoms with Crippen molar-refractivity contribution in [1.82, 2.24) is 0 Å². The van der Waals surface area contributed by atoms with Crippen molar-refractivity contribution in [3.8, 4) is 0 Å². The molecule has 2 rings (SSSR count). The minimum Gasteiger partial charge on any atom is -0.219 e. The smallest absolute Gasteiger partial charge is 0.205 e. The highest BCUT2D eigenvalue weighted by atomic mass is 79.9. The van der Waals surface area contributed by atoms with Crippen molar-refractivity contribution >= 4 is 44.5 Å². The summed E-state index contributed by atoms with van der Waals surface area (Å²) < 4.78 is 24.4. The molecule has 74 valence electrons. The zero-order chi connectivity index (χ0) is 10.3. The highest BCUT2D eigenvalue weighted by molar-refractivity contribution is 9.10. The van der Waals surface area contributed by atoms with Gasteiger partial charge in [-0.25, -0.2) is 8.42 Å². The molecule has 0 radical (unpaired) electrons. The van der Waals surface area contributed by atoms with Crippen LogP contribution >= 0.6 is 28.6 Å². The summed E-state index contributed by atoms with van der Waals surface area (Å²) >= 11 is 7.25. The second kappa shape index (κ2) is 3.40. The molecule has 0 amide bonds. The molecule has 1 aromatic carbocycles. The summed E-state index contributed by atoms with van der Waals surface area (Å²) in [7, 11) is -3.29. The Kier molecular flexibility index (Phi) is 2.49. The molecular weight excluding hydrogens is 284 g/mol. The first-order valence-electron chi connectivity index (χ1n) is 3.92. The average Bonchev–Trinajstić information content (AvgIpc) is 2.38. The van der Waals surface area contributed by atoms with Gasteiger partial charge in [-0.3, -0.25) is 0 Å².